The summed E-state index contributed by atoms with van der Waals surface area (Å²) in [7, 11) is 2.43. The van der Waals surface area contributed by atoms with Crippen LogP contribution in [0.5, 0.6) is 0 Å². The molecular formula is C12H24N2. The van der Waals surface area contributed by atoms with Crippen LogP contribution in [0.2, 0.25) is 0 Å². The fraction of sp³-hybridized carbons (Fsp3) is 0.917. The Morgan fingerprint density at radius 3 is 2.14 bits per heavy atom. The first-order chi connectivity index (χ1) is 6.77. The highest BCUT2D eigenvalue weighted by Crippen LogP contribution is 2.17. The van der Waals surface area contributed by atoms with E-state index in [1.807, 2.05) is 0 Å². The predicted octanol–water partition coefficient (Wildman–Crippen LogP) is 2.90. The largest absolute Gasteiger partial charge is 0.512 e. The van der Waals surface area contributed by atoms with Gasteiger partial charge < -0.3 is 16.3 Å². The second-order valence-electron chi connectivity index (χ2n) is 4.56. The molecular weight excluding hydrogens is 172 g/mol. The van der Waals surface area contributed by atoms with Gasteiger partial charge in [0.05, 0.1) is 26.7 Å². The minimum Gasteiger partial charge on any atom is -0.512 e. The first kappa shape index (κ1) is 13.4. The second kappa shape index (κ2) is 7.82. The van der Waals surface area contributed by atoms with E-state index in [2.05, 4.69) is 14.0 Å². The zero-order chi connectivity index (χ0) is 10.9. The van der Waals surface area contributed by atoms with Crippen LogP contribution in [0.1, 0.15) is 45.4 Å². The molecule has 82 valence electrons. The third-order valence-electron chi connectivity index (χ3n) is 3.20. The summed E-state index contributed by atoms with van der Waals surface area (Å²) in [5.74, 6) is 0. The van der Waals surface area contributed by atoms with Crippen LogP contribution < -0.4 is 0 Å². The first-order valence-corrected chi connectivity index (χ1v) is 5.83. The van der Waals surface area contributed by atoms with E-state index < -0.39 is 0 Å². The highest BCUT2D eigenvalue weighted by Gasteiger charge is 2.25. The summed E-state index contributed by atoms with van der Waals surface area (Å²) in [6, 6.07) is 0. The molecule has 0 aliphatic carbocycles. The standard InChI is InChI=1S/C11H24N.CN/c1-3-4-5-6-9-12(2)10-7-8-11-12;1-2/h3-11H2,1-2H3;/q+1;-1. The Morgan fingerprint density at radius 1 is 1.07 bits per heavy atom. The minimum atomic E-state index is 1.36. The highest BCUT2D eigenvalue weighted by molar-refractivity contribution is 4.52. The summed E-state index contributed by atoms with van der Waals surface area (Å²) in [6.07, 6.45) is 8.62. The Morgan fingerprint density at radius 2 is 1.64 bits per heavy atom. The van der Waals surface area contributed by atoms with Crippen molar-refractivity contribution >= 4 is 0 Å². The molecule has 1 heterocycles. The van der Waals surface area contributed by atoms with E-state index in [0.717, 1.165) is 0 Å². The van der Waals surface area contributed by atoms with Gasteiger partial charge in [0.25, 0.3) is 0 Å². The topological polar surface area (TPSA) is 23.8 Å². The Hall–Kier alpha value is -0.550. The van der Waals surface area contributed by atoms with E-state index in [1.165, 1.54) is 62.6 Å². The number of rotatable bonds is 5. The van der Waals surface area contributed by atoms with Gasteiger partial charge in [-0.1, -0.05) is 19.8 Å². The lowest BCUT2D eigenvalue weighted by atomic mass is 10.2. The third-order valence-corrected chi connectivity index (χ3v) is 3.20. The number of hydrogen-bond donors (Lipinski definition) is 0. The molecule has 1 aliphatic heterocycles. The van der Waals surface area contributed by atoms with E-state index in [1.54, 1.807) is 0 Å². The van der Waals surface area contributed by atoms with Crippen LogP contribution in [-0.2, 0) is 0 Å². The van der Waals surface area contributed by atoms with Gasteiger partial charge >= 0.3 is 0 Å². The Kier molecular flexibility index (Phi) is 7.51. The van der Waals surface area contributed by atoms with Gasteiger partial charge in [-0.2, -0.15) is 0 Å². The van der Waals surface area contributed by atoms with E-state index in [0.29, 0.717) is 0 Å². The molecule has 1 fully saturated rings. The lowest BCUT2D eigenvalue weighted by molar-refractivity contribution is -0.897. The average Bonchev–Trinajstić information content (AvgIpc) is 2.64. The van der Waals surface area contributed by atoms with E-state index in [-0.39, 0.29) is 0 Å². The maximum absolute atomic E-state index is 6.25. The summed E-state index contributed by atoms with van der Waals surface area (Å²) in [5.41, 5.74) is 0. The first-order valence-electron chi connectivity index (χ1n) is 5.83. The van der Waals surface area contributed by atoms with Gasteiger partial charge in [0.2, 0.25) is 0 Å². The van der Waals surface area contributed by atoms with Crippen molar-refractivity contribution in [3.63, 3.8) is 0 Å². The Labute approximate surface area is 89.1 Å². The van der Waals surface area contributed by atoms with Gasteiger partial charge in [-0.05, 0) is 12.8 Å². The molecule has 2 heteroatoms. The molecule has 1 saturated heterocycles. The van der Waals surface area contributed by atoms with Gasteiger partial charge in [-0.25, -0.2) is 0 Å². The van der Waals surface area contributed by atoms with E-state index in [4.69, 9.17) is 11.8 Å². The van der Waals surface area contributed by atoms with Crippen LogP contribution in [-0.4, -0.2) is 31.2 Å². The summed E-state index contributed by atoms with van der Waals surface area (Å²) in [5, 5.41) is 6.25. The van der Waals surface area contributed by atoms with Crippen LogP contribution in [0.15, 0.2) is 0 Å². The third kappa shape index (κ3) is 5.24. The lowest BCUT2D eigenvalue weighted by Gasteiger charge is -2.29. The zero-order valence-corrected chi connectivity index (χ0v) is 9.76. The number of nitrogens with zero attached hydrogens (tertiary/aromatic N) is 2. The molecule has 2 nitrogen and oxygen atoms in total. The quantitative estimate of drug-likeness (QED) is 0.377. The molecule has 0 unspecified atom stereocenters. The average molecular weight is 196 g/mol. The molecule has 0 aromatic rings. The fourth-order valence-corrected chi connectivity index (χ4v) is 2.24. The smallest absolute Gasteiger partial charge is 0.0786 e. The van der Waals surface area contributed by atoms with Gasteiger partial charge in [0.15, 0.2) is 0 Å². The molecule has 0 N–H and O–H groups in total. The lowest BCUT2D eigenvalue weighted by Crippen LogP contribution is -2.41. The molecule has 1 rings (SSSR count). The Balaban J connectivity index is 0.000000791. The molecule has 0 atom stereocenters. The van der Waals surface area contributed by atoms with Crippen molar-refractivity contribution in [1.82, 2.24) is 0 Å². The molecule has 0 spiro atoms. The van der Waals surface area contributed by atoms with Crippen molar-refractivity contribution in [3.8, 4) is 0 Å². The van der Waals surface area contributed by atoms with Crippen LogP contribution in [0.25, 0.3) is 0 Å². The summed E-state index contributed by atoms with van der Waals surface area (Å²) < 4.78 is 1.36. The summed E-state index contributed by atoms with van der Waals surface area (Å²) in [6.45, 7) is 11.3. The zero-order valence-electron chi connectivity index (χ0n) is 9.76. The fourth-order valence-electron chi connectivity index (χ4n) is 2.24. The van der Waals surface area contributed by atoms with Gasteiger partial charge in [0.1, 0.15) is 0 Å². The summed E-state index contributed by atoms with van der Waals surface area (Å²) in [4.78, 5) is 0. The second-order valence-corrected chi connectivity index (χ2v) is 4.56. The van der Waals surface area contributed by atoms with Crippen molar-refractivity contribution in [2.24, 2.45) is 0 Å². The highest BCUT2D eigenvalue weighted by atomic mass is 15.3. The molecule has 1 aliphatic rings. The number of unbranched alkanes of at least 4 members (excludes halogenated alkanes) is 3. The van der Waals surface area contributed by atoms with Gasteiger partial charge in [0, 0.05) is 12.8 Å². The van der Waals surface area contributed by atoms with Crippen LogP contribution in [0.4, 0.5) is 0 Å². The molecule has 14 heavy (non-hydrogen) atoms. The monoisotopic (exact) mass is 196 g/mol. The number of quaternary nitrogens is 1. The van der Waals surface area contributed by atoms with Gasteiger partial charge in [-0.3, -0.25) is 0 Å². The maximum Gasteiger partial charge on any atom is 0.0786 e. The number of hydrogen-bond acceptors (Lipinski definition) is 1. The van der Waals surface area contributed by atoms with E-state index >= 15 is 0 Å². The van der Waals surface area contributed by atoms with Crippen LogP contribution >= 0.6 is 0 Å². The van der Waals surface area contributed by atoms with Crippen molar-refractivity contribution in [2.45, 2.75) is 45.4 Å². The molecule has 0 amide bonds. The Bertz CT molecular complexity index is 146. The maximum atomic E-state index is 6.25. The summed E-state index contributed by atoms with van der Waals surface area (Å²) >= 11 is 0. The van der Waals surface area contributed by atoms with Crippen molar-refractivity contribution in [3.05, 3.63) is 6.57 Å². The van der Waals surface area contributed by atoms with Crippen LogP contribution in [0.3, 0.4) is 0 Å². The molecule has 0 aromatic heterocycles. The van der Waals surface area contributed by atoms with Crippen molar-refractivity contribution < 1.29 is 4.48 Å². The number of likely N-dealkylation sites (tertiary alicyclic amines) is 1. The van der Waals surface area contributed by atoms with Crippen LogP contribution in [0, 0.1) is 11.8 Å². The van der Waals surface area contributed by atoms with Gasteiger partial charge in [-0.15, -0.1) is 0 Å². The predicted molar refractivity (Wildman–Crippen MR) is 59.1 cm³/mol. The molecule has 0 radical (unpaired) electrons. The normalized spacial score (nSPS) is 18.6. The molecule has 0 bridgehead atoms. The van der Waals surface area contributed by atoms with Crippen molar-refractivity contribution in [2.75, 3.05) is 26.7 Å². The van der Waals surface area contributed by atoms with E-state index in [9.17, 15) is 0 Å². The molecule has 0 saturated carbocycles. The van der Waals surface area contributed by atoms with Crippen molar-refractivity contribution in [1.29, 1.82) is 5.26 Å². The SMILES string of the molecule is CCCCCC[N+]1(C)CCCC1.[C-]#N. The molecule has 0 aromatic carbocycles. The minimum absolute atomic E-state index is 1.36.